The standard InChI is InChI=1S/C27H41N5O4/c1-19(2)25-16-22(17-26-28-29-27(36-26)21-5-7-24(8-6-21)32(33)34)20(3)15-23(25)18-31-11-9-30(10-12-31)13-14-35-4/h5-8,15,19,22-23,25,32-33H,9-14,16-18H2,1-4H3/t22-,23-,25-/m0/s1. The molecule has 2 N–H and O–H groups in total. The van der Waals surface area contributed by atoms with Crippen molar-refractivity contribution in [2.75, 3.05) is 53.0 Å². The fourth-order valence-electron chi connectivity index (χ4n) is 5.62. The number of nitrogens with one attached hydrogen (secondary N) is 1. The predicted octanol–water partition coefficient (Wildman–Crippen LogP) is 2.80. The van der Waals surface area contributed by atoms with Crippen LogP contribution in [0.4, 0.5) is 5.69 Å². The summed E-state index contributed by atoms with van der Waals surface area (Å²) in [6, 6.07) is 6.54. The van der Waals surface area contributed by atoms with E-state index in [0.717, 1.165) is 64.3 Å². The van der Waals surface area contributed by atoms with E-state index >= 15 is 0 Å². The molecule has 1 aliphatic heterocycles. The molecule has 1 unspecified atom stereocenters. The molecule has 0 saturated carbocycles. The van der Waals surface area contributed by atoms with Crippen LogP contribution in [0.3, 0.4) is 0 Å². The van der Waals surface area contributed by atoms with E-state index in [-0.39, 0.29) is 5.69 Å². The van der Waals surface area contributed by atoms with Crippen molar-refractivity contribution in [3.8, 4) is 11.5 Å². The van der Waals surface area contributed by atoms with E-state index in [1.807, 2.05) is 0 Å². The molecule has 2 aliphatic rings. The fourth-order valence-corrected chi connectivity index (χ4v) is 5.62. The zero-order chi connectivity index (χ0) is 25.7. The lowest BCUT2D eigenvalue weighted by Gasteiger charge is -2.41. The van der Waals surface area contributed by atoms with Crippen LogP contribution in [0.25, 0.3) is 11.5 Å². The van der Waals surface area contributed by atoms with Crippen LogP contribution in [-0.4, -0.2) is 78.2 Å². The Morgan fingerprint density at radius 1 is 1.14 bits per heavy atom. The van der Waals surface area contributed by atoms with Gasteiger partial charge in [0.1, 0.15) is 0 Å². The lowest BCUT2D eigenvalue weighted by molar-refractivity contribution is -0.991. The maximum atomic E-state index is 11.1. The minimum Gasteiger partial charge on any atom is -0.595 e. The number of piperazine rings is 1. The van der Waals surface area contributed by atoms with Crippen molar-refractivity contribution in [1.29, 1.82) is 0 Å². The highest BCUT2D eigenvalue weighted by Gasteiger charge is 2.34. The van der Waals surface area contributed by atoms with Gasteiger partial charge >= 0.3 is 0 Å². The summed E-state index contributed by atoms with van der Waals surface area (Å²) < 4.78 is 11.2. The minimum atomic E-state index is -0.949. The molecule has 4 atom stereocenters. The van der Waals surface area contributed by atoms with Gasteiger partial charge in [0.05, 0.1) is 6.61 Å². The van der Waals surface area contributed by atoms with Gasteiger partial charge in [-0.2, -0.15) is 5.23 Å². The molecule has 36 heavy (non-hydrogen) atoms. The quantitative estimate of drug-likeness (QED) is 0.380. The number of aromatic nitrogens is 2. The number of allylic oxidation sites excluding steroid dienone is 1. The number of hydrogen-bond donors (Lipinski definition) is 2. The first-order chi connectivity index (χ1) is 17.3. The predicted molar refractivity (Wildman–Crippen MR) is 138 cm³/mol. The van der Waals surface area contributed by atoms with Crippen LogP contribution in [0.1, 0.15) is 33.1 Å². The first kappa shape index (κ1) is 26.9. The average molecular weight is 500 g/mol. The highest BCUT2D eigenvalue weighted by molar-refractivity contribution is 5.55. The van der Waals surface area contributed by atoms with Gasteiger partial charge < -0.3 is 19.3 Å². The summed E-state index contributed by atoms with van der Waals surface area (Å²) in [7, 11) is 1.77. The summed E-state index contributed by atoms with van der Waals surface area (Å²) >= 11 is 0. The van der Waals surface area contributed by atoms with E-state index in [2.05, 4.69) is 46.8 Å². The van der Waals surface area contributed by atoms with E-state index < -0.39 is 5.23 Å². The van der Waals surface area contributed by atoms with E-state index in [1.165, 1.54) is 5.57 Å². The highest BCUT2D eigenvalue weighted by atomic mass is 16.8. The molecule has 1 aromatic heterocycles. The van der Waals surface area contributed by atoms with E-state index in [4.69, 9.17) is 14.4 Å². The van der Waals surface area contributed by atoms with Crippen LogP contribution >= 0.6 is 0 Å². The van der Waals surface area contributed by atoms with Crippen molar-refractivity contribution in [1.82, 2.24) is 20.0 Å². The van der Waals surface area contributed by atoms with Crippen molar-refractivity contribution >= 4 is 5.69 Å². The molecule has 198 valence electrons. The van der Waals surface area contributed by atoms with Gasteiger partial charge in [-0.3, -0.25) is 4.90 Å². The number of hydrogen-bond acceptors (Lipinski definition) is 8. The van der Waals surface area contributed by atoms with Gasteiger partial charge in [-0.25, -0.2) is 5.21 Å². The molecule has 1 fully saturated rings. The maximum absolute atomic E-state index is 11.1. The molecule has 1 aliphatic carbocycles. The summed E-state index contributed by atoms with van der Waals surface area (Å²) in [5, 5.41) is 27.8. The summed E-state index contributed by atoms with van der Waals surface area (Å²) in [6.07, 6.45) is 4.37. The third kappa shape index (κ3) is 6.79. The molecule has 4 rings (SSSR count). The molecular weight excluding hydrogens is 458 g/mol. The van der Waals surface area contributed by atoms with Gasteiger partial charge in [-0.05, 0) is 49.1 Å². The van der Waals surface area contributed by atoms with Crippen molar-refractivity contribution < 1.29 is 19.6 Å². The Hall–Kier alpha value is -2.14. The third-order valence-electron chi connectivity index (χ3n) is 7.90. The van der Waals surface area contributed by atoms with Gasteiger partial charge in [0.15, 0.2) is 5.69 Å². The lowest BCUT2D eigenvalue weighted by atomic mass is 9.69. The van der Waals surface area contributed by atoms with Crippen LogP contribution < -0.4 is 5.23 Å². The highest BCUT2D eigenvalue weighted by Crippen LogP contribution is 2.39. The summed E-state index contributed by atoms with van der Waals surface area (Å²) in [6.45, 7) is 14.4. The Morgan fingerprint density at radius 3 is 2.47 bits per heavy atom. The molecule has 2 heterocycles. The summed E-state index contributed by atoms with van der Waals surface area (Å²) in [5.74, 6) is 3.26. The molecule has 0 spiro atoms. The molecular formula is C27H41N5O4. The lowest BCUT2D eigenvalue weighted by Crippen LogP contribution is -2.99. The first-order valence-electron chi connectivity index (χ1n) is 13.1. The molecule has 1 aromatic carbocycles. The SMILES string of the molecule is COCCN1CCN(C[C@@H]2C=C(C)[C@H](Cc3nnc(-c4ccc([NH+]([O-])O)cc4)o3)C[C@H]2C(C)C)CC1. The fraction of sp³-hybridized carbons (Fsp3) is 0.630. The molecule has 9 nitrogen and oxygen atoms in total. The molecule has 0 radical (unpaired) electrons. The molecule has 0 bridgehead atoms. The Kier molecular flexibility index (Phi) is 9.27. The van der Waals surface area contributed by atoms with Gasteiger partial charge in [0, 0.05) is 70.5 Å². The smallest absolute Gasteiger partial charge is 0.247 e. The van der Waals surface area contributed by atoms with Gasteiger partial charge in [-0.15, -0.1) is 10.2 Å². The number of nitrogens with zero attached hydrogens (tertiary/aromatic N) is 4. The summed E-state index contributed by atoms with van der Waals surface area (Å²) in [4.78, 5) is 5.13. The van der Waals surface area contributed by atoms with E-state index in [1.54, 1.807) is 31.4 Å². The number of methoxy groups -OCH3 is 1. The molecule has 9 heteroatoms. The topological polar surface area (TPSA) is 102 Å². The minimum absolute atomic E-state index is 0.240. The second kappa shape index (κ2) is 12.4. The molecule has 2 aromatic rings. The van der Waals surface area contributed by atoms with E-state index in [9.17, 15) is 5.21 Å². The van der Waals surface area contributed by atoms with Gasteiger partial charge in [0.2, 0.25) is 11.8 Å². The van der Waals surface area contributed by atoms with Crippen molar-refractivity contribution in [2.24, 2.45) is 23.7 Å². The van der Waals surface area contributed by atoms with Crippen molar-refractivity contribution in [3.63, 3.8) is 0 Å². The van der Waals surface area contributed by atoms with Crippen LogP contribution in [0, 0.1) is 28.9 Å². The average Bonchev–Trinajstić information content (AvgIpc) is 3.33. The number of ether oxygens (including phenoxy) is 1. The number of benzene rings is 1. The second-order valence-electron chi connectivity index (χ2n) is 10.6. The number of quaternary nitrogens is 1. The Labute approximate surface area is 214 Å². The Balaban J connectivity index is 1.37. The molecule has 0 amide bonds. The van der Waals surface area contributed by atoms with Crippen LogP contribution in [0.15, 0.2) is 40.3 Å². The van der Waals surface area contributed by atoms with Crippen LogP contribution in [0.5, 0.6) is 0 Å². The second-order valence-corrected chi connectivity index (χ2v) is 10.6. The van der Waals surface area contributed by atoms with Gasteiger partial charge in [0.25, 0.3) is 0 Å². The monoisotopic (exact) mass is 499 g/mol. The zero-order valence-electron chi connectivity index (χ0n) is 22.0. The van der Waals surface area contributed by atoms with Crippen molar-refractivity contribution in [3.05, 3.63) is 47.0 Å². The normalized spacial score (nSPS) is 24.8. The largest absolute Gasteiger partial charge is 0.595 e. The third-order valence-corrected chi connectivity index (χ3v) is 7.90. The summed E-state index contributed by atoms with van der Waals surface area (Å²) in [5.41, 5.74) is 2.39. The first-order valence-corrected chi connectivity index (χ1v) is 13.1. The van der Waals surface area contributed by atoms with Crippen LogP contribution in [0.2, 0.25) is 0 Å². The van der Waals surface area contributed by atoms with Gasteiger partial charge in [-0.1, -0.05) is 25.5 Å². The number of rotatable bonds is 10. The zero-order valence-corrected chi connectivity index (χ0v) is 22.0. The maximum Gasteiger partial charge on any atom is 0.247 e. The van der Waals surface area contributed by atoms with Crippen molar-refractivity contribution in [2.45, 2.75) is 33.6 Å². The molecule has 1 saturated heterocycles. The van der Waals surface area contributed by atoms with E-state index in [0.29, 0.717) is 35.5 Å². The Bertz CT molecular complexity index is 982. The van der Waals surface area contributed by atoms with Crippen LogP contribution in [-0.2, 0) is 11.2 Å². The Morgan fingerprint density at radius 2 is 1.83 bits per heavy atom.